The van der Waals surface area contributed by atoms with Crippen molar-refractivity contribution in [2.45, 2.75) is 33.8 Å². The highest BCUT2D eigenvalue weighted by Gasteiger charge is 2.20. The van der Waals surface area contributed by atoms with Crippen LogP contribution < -0.4 is 10.3 Å². The molecule has 168 valence electrons. The smallest absolute Gasteiger partial charge is 0.111 e. The maximum atomic E-state index is 11.0. The number of anilines is 3. The fourth-order valence-electron chi connectivity index (χ4n) is 3.05. The highest BCUT2D eigenvalue weighted by Crippen LogP contribution is 2.37. The lowest BCUT2D eigenvalue weighted by Crippen LogP contribution is -2.16. The average Bonchev–Trinajstić information content (AvgIpc) is 3.28. The molecule has 33 heavy (non-hydrogen) atoms. The highest BCUT2D eigenvalue weighted by atomic mass is 32.1. The van der Waals surface area contributed by atoms with E-state index in [1.165, 1.54) is 11.3 Å². The van der Waals surface area contributed by atoms with Gasteiger partial charge in [-0.2, -0.15) is 15.6 Å². The molecule has 1 aromatic heterocycles. The van der Waals surface area contributed by atoms with Crippen LogP contribution in [-0.4, -0.2) is 11.8 Å². The van der Waals surface area contributed by atoms with Crippen LogP contribution in [0.4, 0.5) is 16.4 Å². The number of hydrazone groups is 1. The van der Waals surface area contributed by atoms with Gasteiger partial charge in [0.05, 0.1) is 22.9 Å². The molecule has 0 saturated carbocycles. The van der Waals surface area contributed by atoms with Crippen LogP contribution in [0.2, 0.25) is 0 Å². The lowest BCUT2D eigenvalue weighted by Gasteiger charge is -2.23. The van der Waals surface area contributed by atoms with Crippen molar-refractivity contribution in [1.82, 2.24) is 0 Å². The molecule has 0 saturated heterocycles. The summed E-state index contributed by atoms with van der Waals surface area (Å²) in [6.45, 7) is 11.3. The maximum Gasteiger partial charge on any atom is 0.111 e. The van der Waals surface area contributed by atoms with Gasteiger partial charge in [-0.25, -0.2) is 5.01 Å². The van der Waals surface area contributed by atoms with Crippen molar-refractivity contribution in [3.05, 3.63) is 87.9 Å². The van der Waals surface area contributed by atoms with E-state index in [2.05, 4.69) is 29.3 Å². The summed E-state index contributed by atoms with van der Waals surface area (Å²) in [5, 5.41) is 39.2. The first-order chi connectivity index (χ1) is 16.0. The molecule has 2 aromatic carbocycles. The van der Waals surface area contributed by atoms with Crippen LogP contribution in [0.1, 0.15) is 49.8 Å². The number of rotatable bonds is 7. The fraction of sp³-hybridized carbons (Fsp3) is 0.192. The lowest BCUT2D eigenvalue weighted by molar-refractivity contribution is 0.218. The van der Waals surface area contributed by atoms with E-state index in [4.69, 9.17) is 5.26 Å². The Hall–Kier alpha value is -3.91. The molecule has 0 amide bonds. The number of hydrogen-bond acceptors (Lipinski definition) is 7. The van der Waals surface area contributed by atoms with Crippen LogP contribution in [0.25, 0.3) is 0 Å². The number of hydrogen-bond donors (Lipinski definition) is 2. The second kappa shape index (κ2) is 12.2. The predicted octanol–water partition coefficient (Wildman–Crippen LogP) is 6.71. The van der Waals surface area contributed by atoms with E-state index in [1.807, 2.05) is 64.1 Å². The van der Waals surface area contributed by atoms with Crippen LogP contribution in [0.15, 0.2) is 77.0 Å². The van der Waals surface area contributed by atoms with E-state index in [1.54, 1.807) is 29.3 Å². The summed E-state index contributed by atoms with van der Waals surface area (Å²) in [5.74, 6) is 0. The molecule has 0 bridgehead atoms. The Kier molecular flexibility index (Phi) is 9.38. The van der Waals surface area contributed by atoms with Gasteiger partial charge < -0.3 is 10.4 Å². The van der Waals surface area contributed by atoms with E-state index >= 15 is 0 Å². The Morgan fingerprint density at radius 2 is 1.76 bits per heavy atom. The molecule has 3 aromatic rings. The third-order valence-electron chi connectivity index (χ3n) is 4.83. The van der Waals surface area contributed by atoms with E-state index in [0.717, 1.165) is 11.4 Å². The van der Waals surface area contributed by atoms with Crippen molar-refractivity contribution in [2.24, 2.45) is 5.10 Å². The fourth-order valence-corrected chi connectivity index (χ4v) is 4.13. The van der Waals surface area contributed by atoms with Crippen LogP contribution in [0, 0.1) is 22.7 Å². The Balaban J connectivity index is 0.00000187. The van der Waals surface area contributed by atoms with Crippen LogP contribution >= 0.6 is 11.3 Å². The second-order valence-electron chi connectivity index (χ2n) is 6.78. The number of thiophene rings is 1. The van der Waals surface area contributed by atoms with Gasteiger partial charge in [0.25, 0.3) is 0 Å². The van der Waals surface area contributed by atoms with E-state index in [-0.39, 0.29) is 0 Å². The summed E-state index contributed by atoms with van der Waals surface area (Å²) in [7, 11) is 0. The van der Waals surface area contributed by atoms with Crippen LogP contribution in [0.5, 0.6) is 0 Å². The molecular formula is C26H27N5OS. The molecule has 0 radical (unpaired) electrons. The molecule has 6 nitrogen and oxygen atoms in total. The van der Waals surface area contributed by atoms with Gasteiger partial charge in [-0.3, -0.25) is 0 Å². The minimum absolute atomic E-state index is 0.425. The molecule has 0 fully saturated rings. The number of nitrogens with zero attached hydrogens (tertiary/aromatic N) is 4. The third-order valence-corrected chi connectivity index (χ3v) is 5.93. The van der Waals surface area contributed by atoms with Crippen molar-refractivity contribution in [3.63, 3.8) is 0 Å². The average molecular weight is 458 g/mol. The zero-order valence-corrected chi connectivity index (χ0v) is 20.0. The summed E-state index contributed by atoms with van der Waals surface area (Å²) in [6.07, 6.45) is -0.911. The zero-order valence-electron chi connectivity index (χ0n) is 19.2. The topological polar surface area (TPSA) is 95.4 Å². The molecule has 7 heteroatoms. The van der Waals surface area contributed by atoms with E-state index in [0.29, 0.717) is 32.3 Å². The normalized spacial score (nSPS) is 11.6. The Morgan fingerprint density at radius 1 is 1.06 bits per heavy atom. The van der Waals surface area contributed by atoms with Crippen molar-refractivity contribution >= 4 is 34.4 Å². The summed E-state index contributed by atoms with van der Waals surface area (Å²) < 4.78 is 0. The van der Waals surface area contributed by atoms with Gasteiger partial charge in [-0.15, -0.1) is 11.3 Å². The van der Waals surface area contributed by atoms with Crippen molar-refractivity contribution in [2.75, 3.05) is 10.3 Å². The molecule has 1 atom stereocenters. The number of para-hydroxylation sites is 1. The summed E-state index contributed by atoms with van der Waals surface area (Å²) >= 11 is 1.30. The summed E-state index contributed by atoms with van der Waals surface area (Å²) in [6, 6.07) is 22.5. The highest BCUT2D eigenvalue weighted by molar-refractivity contribution is 7.16. The second-order valence-corrected chi connectivity index (χ2v) is 7.86. The van der Waals surface area contributed by atoms with Crippen LogP contribution in [0.3, 0.4) is 0 Å². The first kappa shape index (κ1) is 25.4. The molecule has 1 heterocycles. The lowest BCUT2D eigenvalue weighted by atomic mass is 10.1. The minimum Gasteiger partial charge on any atom is -0.383 e. The third kappa shape index (κ3) is 6.08. The number of aliphatic hydroxyl groups excluding tert-OH is 1. The van der Waals surface area contributed by atoms with Crippen molar-refractivity contribution < 1.29 is 5.11 Å². The number of benzene rings is 2. The van der Waals surface area contributed by atoms with E-state index in [9.17, 15) is 10.4 Å². The minimum atomic E-state index is -0.911. The number of nitrogens with one attached hydrogen (secondary N) is 1. The summed E-state index contributed by atoms with van der Waals surface area (Å²) in [4.78, 5) is 0.629. The molecule has 0 aliphatic heterocycles. The van der Waals surface area contributed by atoms with Crippen molar-refractivity contribution in [3.8, 4) is 12.1 Å². The molecule has 2 N–H and O–H groups in total. The van der Waals surface area contributed by atoms with E-state index < -0.39 is 6.10 Å². The molecule has 0 aliphatic carbocycles. The first-order valence-corrected chi connectivity index (χ1v) is 11.3. The number of allylic oxidation sites excluding steroid dienone is 1. The van der Waals surface area contributed by atoms with Gasteiger partial charge >= 0.3 is 0 Å². The number of aliphatic hydroxyl groups is 1. The predicted molar refractivity (Wildman–Crippen MR) is 137 cm³/mol. The largest absolute Gasteiger partial charge is 0.383 e. The van der Waals surface area contributed by atoms with Gasteiger partial charge in [0, 0.05) is 23.0 Å². The molecule has 3 rings (SSSR count). The van der Waals surface area contributed by atoms with Gasteiger partial charge in [0.15, 0.2) is 0 Å². The van der Waals surface area contributed by atoms with Gasteiger partial charge in [-0.1, -0.05) is 38.1 Å². The Morgan fingerprint density at radius 3 is 2.36 bits per heavy atom. The number of nitriles is 2. The molecule has 0 aliphatic rings. The molecule has 0 spiro atoms. The Bertz CT molecular complexity index is 1200. The Labute approximate surface area is 199 Å². The van der Waals surface area contributed by atoms with Gasteiger partial charge in [0.1, 0.15) is 17.2 Å². The van der Waals surface area contributed by atoms with Crippen molar-refractivity contribution in [1.29, 1.82) is 10.5 Å². The standard InChI is InChI=1S/C24H21N5OS.C2H6/c1-16(17(2)29(27-3)21-10-5-4-6-11-21)23(30)22-13-19(15-26)24(31-22)28-20-9-7-8-18(12-20)14-25;1-2/h4-13,23,28,30H,3H2,1-2H3;1-2H3/b17-16+;. The first-order valence-electron chi connectivity index (χ1n) is 10.5. The summed E-state index contributed by atoms with van der Waals surface area (Å²) in [5.41, 5.74) is 3.93. The maximum absolute atomic E-state index is 11.0. The molecule has 1 unspecified atom stereocenters. The van der Waals surface area contributed by atoms with Crippen LogP contribution in [-0.2, 0) is 0 Å². The zero-order chi connectivity index (χ0) is 24.4. The monoisotopic (exact) mass is 457 g/mol. The quantitative estimate of drug-likeness (QED) is 0.304. The SMILES string of the molecule is C=NN(/C(C)=C(\C)C(O)c1cc(C#N)c(Nc2cccc(C#N)c2)s1)c1ccccc1.CC. The van der Waals surface area contributed by atoms with Gasteiger partial charge in [0.2, 0.25) is 0 Å². The van der Waals surface area contributed by atoms with Gasteiger partial charge in [-0.05, 0) is 55.8 Å². The molecular weight excluding hydrogens is 430 g/mol.